The molecule has 2 aromatic carbocycles. The molecule has 0 spiro atoms. The van der Waals surface area contributed by atoms with Crippen molar-refractivity contribution in [1.82, 2.24) is 0 Å². The fourth-order valence-corrected chi connectivity index (χ4v) is 1.82. The van der Waals surface area contributed by atoms with E-state index in [9.17, 15) is 4.79 Å². The Bertz CT molecular complexity index is 532. The molecule has 0 radical (unpaired) electrons. The first-order valence-electron chi connectivity index (χ1n) is 6.64. The van der Waals surface area contributed by atoms with Gasteiger partial charge >= 0.3 is 0 Å². The first-order valence-corrected chi connectivity index (χ1v) is 6.64. The summed E-state index contributed by atoms with van der Waals surface area (Å²) < 4.78 is 5.62. The Morgan fingerprint density at radius 2 is 1.74 bits per heavy atom. The molecule has 0 atom stereocenters. The number of benzene rings is 2. The van der Waals surface area contributed by atoms with Crippen LogP contribution in [0.4, 0.5) is 0 Å². The number of hydrogen-bond acceptors (Lipinski definition) is 2. The maximum absolute atomic E-state index is 12.3. The largest absolute Gasteiger partial charge is 0.494 e. The lowest BCUT2D eigenvalue weighted by atomic mass is 10.0. The van der Waals surface area contributed by atoms with Crippen LogP contribution in [-0.4, -0.2) is 12.4 Å². The third kappa shape index (κ3) is 3.68. The second-order valence-electron chi connectivity index (χ2n) is 4.42. The smallest absolute Gasteiger partial charge is 0.193 e. The Morgan fingerprint density at radius 1 is 1.00 bits per heavy atom. The van der Waals surface area contributed by atoms with Gasteiger partial charge < -0.3 is 4.74 Å². The number of carbonyl (C=O) groups is 1. The number of ketones is 1. The molecule has 0 fully saturated rings. The van der Waals surface area contributed by atoms with Crippen molar-refractivity contribution in [3.05, 3.63) is 65.7 Å². The molecule has 98 valence electrons. The SMILES string of the molecule is CCCCOc1cccc(C(=O)c2ccccc2)c1. The first-order chi connectivity index (χ1) is 9.31. The van der Waals surface area contributed by atoms with Crippen molar-refractivity contribution in [3.8, 4) is 5.75 Å². The van der Waals surface area contributed by atoms with Gasteiger partial charge in [-0.25, -0.2) is 0 Å². The Balaban J connectivity index is 2.12. The molecule has 0 unspecified atom stereocenters. The van der Waals surface area contributed by atoms with Gasteiger partial charge in [0.05, 0.1) is 6.61 Å². The highest BCUT2D eigenvalue weighted by Gasteiger charge is 2.09. The summed E-state index contributed by atoms with van der Waals surface area (Å²) in [6.45, 7) is 2.82. The van der Waals surface area contributed by atoms with Gasteiger partial charge in [-0.1, -0.05) is 55.8 Å². The summed E-state index contributed by atoms with van der Waals surface area (Å²) in [5.41, 5.74) is 1.37. The molecule has 0 saturated carbocycles. The Morgan fingerprint density at radius 3 is 2.47 bits per heavy atom. The zero-order valence-corrected chi connectivity index (χ0v) is 11.1. The highest BCUT2D eigenvalue weighted by Crippen LogP contribution is 2.17. The lowest BCUT2D eigenvalue weighted by Crippen LogP contribution is -2.02. The third-order valence-corrected chi connectivity index (χ3v) is 2.90. The minimum absolute atomic E-state index is 0.0292. The van der Waals surface area contributed by atoms with E-state index in [0.29, 0.717) is 17.7 Å². The van der Waals surface area contributed by atoms with E-state index in [1.165, 1.54) is 0 Å². The van der Waals surface area contributed by atoms with Crippen molar-refractivity contribution in [1.29, 1.82) is 0 Å². The van der Waals surface area contributed by atoms with Crippen LogP contribution in [0.25, 0.3) is 0 Å². The van der Waals surface area contributed by atoms with Gasteiger partial charge in [-0.2, -0.15) is 0 Å². The van der Waals surface area contributed by atoms with Crippen molar-refractivity contribution in [2.75, 3.05) is 6.61 Å². The molecule has 0 N–H and O–H groups in total. The monoisotopic (exact) mass is 254 g/mol. The Hall–Kier alpha value is -2.09. The topological polar surface area (TPSA) is 26.3 Å². The van der Waals surface area contributed by atoms with E-state index in [0.717, 1.165) is 18.6 Å². The van der Waals surface area contributed by atoms with Gasteiger partial charge in [0.2, 0.25) is 0 Å². The highest BCUT2D eigenvalue weighted by molar-refractivity contribution is 6.09. The van der Waals surface area contributed by atoms with E-state index in [1.807, 2.05) is 54.6 Å². The molecule has 2 aromatic rings. The number of rotatable bonds is 6. The summed E-state index contributed by atoms with van der Waals surface area (Å²) in [6, 6.07) is 16.7. The molecule has 0 saturated heterocycles. The van der Waals surface area contributed by atoms with Gasteiger partial charge in [-0.3, -0.25) is 4.79 Å². The Labute approximate surface area is 114 Å². The molecular formula is C17H18O2. The number of ether oxygens (including phenoxy) is 1. The van der Waals surface area contributed by atoms with Crippen LogP contribution in [0.15, 0.2) is 54.6 Å². The summed E-state index contributed by atoms with van der Waals surface area (Å²) in [4.78, 5) is 12.3. The predicted octanol–water partition coefficient (Wildman–Crippen LogP) is 4.10. The quantitative estimate of drug-likeness (QED) is 0.573. The second kappa shape index (κ2) is 6.74. The van der Waals surface area contributed by atoms with Crippen LogP contribution in [0.3, 0.4) is 0 Å². The maximum atomic E-state index is 12.3. The van der Waals surface area contributed by atoms with E-state index in [4.69, 9.17) is 4.74 Å². The molecule has 2 nitrogen and oxygen atoms in total. The van der Waals surface area contributed by atoms with Crippen LogP contribution >= 0.6 is 0 Å². The fourth-order valence-electron chi connectivity index (χ4n) is 1.82. The van der Waals surface area contributed by atoms with Crippen molar-refractivity contribution in [2.45, 2.75) is 19.8 Å². The van der Waals surface area contributed by atoms with Crippen molar-refractivity contribution in [3.63, 3.8) is 0 Å². The first kappa shape index (κ1) is 13.3. The molecule has 0 aliphatic carbocycles. The van der Waals surface area contributed by atoms with Gasteiger partial charge in [-0.15, -0.1) is 0 Å². The minimum Gasteiger partial charge on any atom is -0.494 e. The van der Waals surface area contributed by atoms with Crippen LogP contribution in [0.5, 0.6) is 5.75 Å². The van der Waals surface area contributed by atoms with E-state index in [-0.39, 0.29) is 5.78 Å². The van der Waals surface area contributed by atoms with Crippen molar-refractivity contribution in [2.24, 2.45) is 0 Å². The van der Waals surface area contributed by atoms with Crippen LogP contribution in [0.1, 0.15) is 35.7 Å². The van der Waals surface area contributed by atoms with E-state index in [1.54, 1.807) is 0 Å². The molecule has 0 aromatic heterocycles. The van der Waals surface area contributed by atoms with Gasteiger partial charge in [0.25, 0.3) is 0 Å². The third-order valence-electron chi connectivity index (χ3n) is 2.90. The molecule has 0 aliphatic rings. The highest BCUT2D eigenvalue weighted by atomic mass is 16.5. The number of unbranched alkanes of at least 4 members (excludes halogenated alkanes) is 1. The second-order valence-corrected chi connectivity index (χ2v) is 4.42. The zero-order valence-electron chi connectivity index (χ0n) is 11.1. The summed E-state index contributed by atoms with van der Waals surface area (Å²) in [7, 11) is 0. The van der Waals surface area contributed by atoms with Gasteiger partial charge in [0, 0.05) is 11.1 Å². The molecule has 0 aliphatic heterocycles. The molecule has 0 bridgehead atoms. The van der Waals surface area contributed by atoms with Crippen LogP contribution in [0, 0.1) is 0 Å². The molecular weight excluding hydrogens is 236 g/mol. The van der Waals surface area contributed by atoms with E-state index < -0.39 is 0 Å². The lowest BCUT2D eigenvalue weighted by Gasteiger charge is -2.07. The van der Waals surface area contributed by atoms with E-state index >= 15 is 0 Å². The summed E-state index contributed by atoms with van der Waals surface area (Å²) in [5.74, 6) is 0.789. The van der Waals surface area contributed by atoms with Gasteiger partial charge in [0.15, 0.2) is 5.78 Å². The summed E-state index contributed by atoms with van der Waals surface area (Å²) >= 11 is 0. The van der Waals surface area contributed by atoms with E-state index in [2.05, 4.69) is 6.92 Å². The number of carbonyl (C=O) groups excluding carboxylic acids is 1. The average molecular weight is 254 g/mol. The molecule has 2 heteroatoms. The Kier molecular flexibility index (Phi) is 4.73. The van der Waals surface area contributed by atoms with Crippen molar-refractivity contribution < 1.29 is 9.53 Å². The van der Waals surface area contributed by atoms with Gasteiger partial charge in [-0.05, 0) is 18.6 Å². The summed E-state index contributed by atoms with van der Waals surface area (Å²) in [5, 5.41) is 0. The fraction of sp³-hybridized carbons (Fsp3) is 0.235. The molecule has 0 heterocycles. The summed E-state index contributed by atoms with van der Waals surface area (Å²) in [6.07, 6.45) is 2.12. The van der Waals surface area contributed by atoms with Crippen LogP contribution in [-0.2, 0) is 0 Å². The van der Waals surface area contributed by atoms with Crippen LogP contribution in [0.2, 0.25) is 0 Å². The maximum Gasteiger partial charge on any atom is 0.193 e. The normalized spacial score (nSPS) is 10.2. The number of hydrogen-bond donors (Lipinski definition) is 0. The molecule has 0 amide bonds. The predicted molar refractivity (Wildman–Crippen MR) is 76.7 cm³/mol. The van der Waals surface area contributed by atoms with Crippen LogP contribution < -0.4 is 4.74 Å². The van der Waals surface area contributed by atoms with Crippen molar-refractivity contribution >= 4 is 5.78 Å². The standard InChI is InChI=1S/C17H18O2/c1-2-3-12-19-16-11-7-10-15(13-16)17(18)14-8-5-4-6-9-14/h4-11,13H,2-3,12H2,1H3. The molecule has 2 rings (SSSR count). The zero-order chi connectivity index (χ0) is 13.5. The minimum atomic E-state index is 0.0292. The average Bonchev–Trinajstić information content (AvgIpc) is 2.48. The lowest BCUT2D eigenvalue weighted by molar-refractivity contribution is 0.103. The molecule has 19 heavy (non-hydrogen) atoms. The van der Waals surface area contributed by atoms with Gasteiger partial charge in [0.1, 0.15) is 5.75 Å².